The fraction of sp³-hybridized carbons (Fsp3) is 0.231. The fourth-order valence-corrected chi connectivity index (χ4v) is 1.95. The Morgan fingerprint density at radius 1 is 1.11 bits per heavy atom. The van der Waals surface area contributed by atoms with Crippen LogP contribution in [0.2, 0.25) is 10.0 Å². The highest BCUT2D eigenvalue weighted by atomic mass is 35.5. The van der Waals surface area contributed by atoms with E-state index in [4.69, 9.17) is 28.9 Å². The first-order valence-corrected chi connectivity index (χ1v) is 6.44. The van der Waals surface area contributed by atoms with E-state index in [0.717, 1.165) is 29.9 Å². The average Bonchev–Trinajstić information content (AvgIpc) is 2.32. The Kier molecular flexibility index (Phi) is 4.04. The highest BCUT2D eigenvalue weighted by Gasteiger charge is 2.07. The Labute approximate surface area is 116 Å². The van der Waals surface area contributed by atoms with Gasteiger partial charge in [-0.15, -0.1) is 0 Å². The van der Waals surface area contributed by atoms with Crippen LogP contribution in [0.5, 0.6) is 0 Å². The quantitative estimate of drug-likeness (QED) is 0.926. The molecule has 1 aromatic heterocycles. The molecule has 2 rings (SSSR count). The minimum absolute atomic E-state index is 0.467. The number of aromatic nitrogens is 2. The van der Waals surface area contributed by atoms with Crippen LogP contribution in [0.3, 0.4) is 0 Å². The third kappa shape index (κ3) is 2.92. The summed E-state index contributed by atoms with van der Waals surface area (Å²) >= 11 is 11.9. The van der Waals surface area contributed by atoms with Crippen LogP contribution in [-0.4, -0.2) is 9.97 Å². The van der Waals surface area contributed by atoms with Crippen LogP contribution in [0.15, 0.2) is 24.3 Å². The van der Waals surface area contributed by atoms with E-state index in [2.05, 4.69) is 16.9 Å². The van der Waals surface area contributed by atoms with Crippen molar-refractivity contribution in [3.8, 4) is 11.3 Å². The predicted octanol–water partition coefficient (Wildman–Crippen LogP) is 3.99. The van der Waals surface area contributed by atoms with Crippen LogP contribution in [0.25, 0.3) is 11.3 Å². The van der Waals surface area contributed by atoms with Crippen molar-refractivity contribution in [2.24, 2.45) is 0 Å². The number of hydrogen-bond acceptors (Lipinski definition) is 3. The van der Waals surface area contributed by atoms with Gasteiger partial charge in [0, 0.05) is 18.1 Å². The highest BCUT2D eigenvalue weighted by molar-refractivity contribution is 6.42. The van der Waals surface area contributed by atoms with Crippen LogP contribution in [0.1, 0.15) is 19.2 Å². The summed E-state index contributed by atoms with van der Waals surface area (Å²) in [4.78, 5) is 8.67. The zero-order valence-electron chi connectivity index (χ0n) is 9.95. The number of nitrogen functional groups attached to an aromatic ring is 1. The van der Waals surface area contributed by atoms with Crippen molar-refractivity contribution in [3.63, 3.8) is 0 Å². The van der Waals surface area contributed by atoms with E-state index in [1.807, 2.05) is 6.07 Å². The SMILES string of the molecule is CCCc1nc(N)cc(-c2ccc(Cl)c(Cl)c2)n1. The van der Waals surface area contributed by atoms with E-state index in [1.54, 1.807) is 18.2 Å². The molecule has 1 heterocycles. The molecule has 3 nitrogen and oxygen atoms in total. The van der Waals surface area contributed by atoms with Crippen molar-refractivity contribution in [2.45, 2.75) is 19.8 Å². The Morgan fingerprint density at radius 2 is 1.89 bits per heavy atom. The lowest BCUT2D eigenvalue weighted by molar-refractivity contribution is 0.839. The second-order valence-electron chi connectivity index (χ2n) is 3.97. The van der Waals surface area contributed by atoms with Crippen LogP contribution < -0.4 is 5.73 Å². The summed E-state index contributed by atoms with van der Waals surface area (Å²) in [6, 6.07) is 7.13. The zero-order chi connectivity index (χ0) is 13.1. The first-order valence-electron chi connectivity index (χ1n) is 5.69. The standard InChI is InChI=1S/C13H13Cl2N3/c1-2-3-13-17-11(7-12(16)18-13)8-4-5-9(14)10(15)6-8/h4-7H,2-3H2,1H3,(H2,16,17,18). The molecule has 2 N–H and O–H groups in total. The Hall–Kier alpha value is -1.32. The van der Waals surface area contributed by atoms with Crippen molar-refractivity contribution in [1.29, 1.82) is 0 Å². The molecule has 0 bridgehead atoms. The van der Waals surface area contributed by atoms with E-state index in [0.29, 0.717) is 15.9 Å². The summed E-state index contributed by atoms with van der Waals surface area (Å²) in [5, 5.41) is 1.03. The molecule has 5 heteroatoms. The molecule has 0 saturated carbocycles. The van der Waals surface area contributed by atoms with Crippen molar-refractivity contribution < 1.29 is 0 Å². The maximum Gasteiger partial charge on any atom is 0.131 e. The topological polar surface area (TPSA) is 51.8 Å². The van der Waals surface area contributed by atoms with Gasteiger partial charge in [0.25, 0.3) is 0 Å². The zero-order valence-corrected chi connectivity index (χ0v) is 11.5. The molecule has 0 fully saturated rings. The molecule has 94 valence electrons. The second kappa shape index (κ2) is 5.55. The van der Waals surface area contributed by atoms with Gasteiger partial charge in [-0.05, 0) is 18.6 Å². The molecule has 0 aliphatic carbocycles. The number of halogens is 2. The first-order chi connectivity index (χ1) is 8.60. The van der Waals surface area contributed by atoms with Gasteiger partial charge in [0.1, 0.15) is 11.6 Å². The molecule has 0 aliphatic rings. The fourth-order valence-electron chi connectivity index (χ4n) is 1.66. The summed E-state index contributed by atoms with van der Waals surface area (Å²) in [5.74, 6) is 1.22. The lowest BCUT2D eigenvalue weighted by Crippen LogP contribution is -2.01. The largest absolute Gasteiger partial charge is 0.384 e. The van der Waals surface area contributed by atoms with Gasteiger partial charge in [0.05, 0.1) is 15.7 Å². The number of nitrogens with two attached hydrogens (primary N) is 1. The summed E-state index contributed by atoms with van der Waals surface area (Å²) in [6.45, 7) is 2.07. The van der Waals surface area contributed by atoms with Gasteiger partial charge in [-0.2, -0.15) is 0 Å². The van der Waals surface area contributed by atoms with Crippen LogP contribution in [0, 0.1) is 0 Å². The van der Waals surface area contributed by atoms with Gasteiger partial charge in [0.15, 0.2) is 0 Å². The number of nitrogens with zero attached hydrogens (tertiary/aromatic N) is 2. The van der Waals surface area contributed by atoms with Gasteiger partial charge in [-0.3, -0.25) is 0 Å². The lowest BCUT2D eigenvalue weighted by atomic mass is 10.1. The van der Waals surface area contributed by atoms with Crippen molar-refractivity contribution >= 4 is 29.0 Å². The van der Waals surface area contributed by atoms with Gasteiger partial charge in [0.2, 0.25) is 0 Å². The summed E-state index contributed by atoms with van der Waals surface area (Å²) in [5.41, 5.74) is 7.44. The molecule has 18 heavy (non-hydrogen) atoms. The number of anilines is 1. The van der Waals surface area contributed by atoms with E-state index >= 15 is 0 Å². The molecular formula is C13H13Cl2N3. The Morgan fingerprint density at radius 3 is 2.56 bits per heavy atom. The van der Waals surface area contributed by atoms with Gasteiger partial charge < -0.3 is 5.73 Å². The second-order valence-corrected chi connectivity index (χ2v) is 4.79. The monoisotopic (exact) mass is 281 g/mol. The predicted molar refractivity (Wildman–Crippen MR) is 75.9 cm³/mol. The van der Waals surface area contributed by atoms with E-state index in [1.165, 1.54) is 0 Å². The van der Waals surface area contributed by atoms with Crippen molar-refractivity contribution in [1.82, 2.24) is 9.97 Å². The number of benzene rings is 1. The maximum absolute atomic E-state index is 6.00. The van der Waals surface area contributed by atoms with Crippen LogP contribution in [0.4, 0.5) is 5.82 Å². The molecule has 0 spiro atoms. The van der Waals surface area contributed by atoms with E-state index in [-0.39, 0.29) is 0 Å². The third-order valence-electron chi connectivity index (χ3n) is 2.48. The van der Waals surface area contributed by atoms with Crippen molar-refractivity contribution in [3.05, 3.63) is 40.1 Å². The Balaban J connectivity index is 2.46. The minimum Gasteiger partial charge on any atom is -0.384 e. The molecule has 0 atom stereocenters. The molecular weight excluding hydrogens is 269 g/mol. The number of hydrogen-bond donors (Lipinski definition) is 1. The summed E-state index contributed by atoms with van der Waals surface area (Å²) < 4.78 is 0. The highest BCUT2D eigenvalue weighted by Crippen LogP contribution is 2.28. The maximum atomic E-state index is 6.00. The molecule has 0 aliphatic heterocycles. The third-order valence-corrected chi connectivity index (χ3v) is 3.22. The number of rotatable bonds is 3. The minimum atomic E-state index is 0.467. The van der Waals surface area contributed by atoms with E-state index < -0.39 is 0 Å². The van der Waals surface area contributed by atoms with E-state index in [9.17, 15) is 0 Å². The first kappa shape index (κ1) is 13.1. The Bertz CT molecular complexity index is 570. The smallest absolute Gasteiger partial charge is 0.131 e. The molecule has 0 unspecified atom stereocenters. The van der Waals surface area contributed by atoms with Crippen molar-refractivity contribution in [2.75, 3.05) is 5.73 Å². The summed E-state index contributed by atoms with van der Waals surface area (Å²) in [7, 11) is 0. The molecule has 0 radical (unpaired) electrons. The van der Waals surface area contributed by atoms with Gasteiger partial charge >= 0.3 is 0 Å². The molecule has 0 amide bonds. The molecule has 2 aromatic rings. The summed E-state index contributed by atoms with van der Waals surface area (Å²) in [6.07, 6.45) is 1.78. The molecule has 0 saturated heterocycles. The lowest BCUT2D eigenvalue weighted by Gasteiger charge is -2.06. The number of aryl methyl sites for hydroxylation is 1. The van der Waals surface area contributed by atoms with Gasteiger partial charge in [-0.1, -0.05) is 36.2 Å². The van der Waals surface area contributed by atoms with Crippen LogP contribution in [-0.2, 0) is 6.42 Å². The van der Waals surface area contributed by atoms with Gasteiger partial charge in [-0.25, -0.2) is 9.97 Å². The normalized spacial score (nSPS) is 10.6. The molecule has 1 aromatic carbocycles. The average molecular weight is 282 g/mol. The van der Waals surface area contributed by atoms with Crippen LogP contribution >= 0.6 is 23.2 Å².